The summed E-state index contributed by atoms with van der Waals surface area (Å²) in [7, 11) is 0. The maximum atomic E-state index is 11.7. The molecule has 3 unspecified atom stereocenters. The monoisotopic (exact) mass is 324 g/mol. The number of carbonyl (C=O) groups is 1. The third kappa shape index (κ3) is 3.38. The Hall–Kier alpha value is -0.830. The minimum Gasteiger partial charge on any atom is -0.481 e. The van der Waals surface area contributed by atoms with Crippen molar-refractivity contribution in [1.29, 1.82) is 0 Å². The second-order valence-corrected chi connectivity index (χ2v) is 6.40. The van der Waals surface area contributed by atoms with Gasteiger partial charge in [-0.1, -0.05) is 60.7 Å². The van der Waals surface area contributed by atoms with Crippen LogP contribution in [0, 0.1) is 11.8 Å². The summed E-state index contributed by atoms with van der Waals surface area (Å²) in [6.45, 7) is 2.18. The van der Waals surface area contributed by atoms with Gasteiger partial charge in [0.25, 0.3) is 0 Å². The van der Waals surface area contributed by atoms with Crippen LogP contribution in [0.2, 0.25) is 0 Å². The third-order valence-corrected chi connectivity index (χ3v) is 4.94. The molecule has 0 amide bonds. The van der Waals surface area contributed by atoms with E-state index in [0.717, 1.165) is 22.9 Å². The Labute approximate surface area is 123 Å². The van der Waals surface area contributed by atoms with Crippen LogP contribution in [-0.4, -0.2) is 11.1 Å². The van der Waals surface area contributed by atoms with Crippen molar-refractivity contribution in [3.63, 3.8) is 0 Å². The van der Waals surface area contributed by atoms with Gasteiger partial charge in [-0.15, -0.1) is 0 Å². The van der Waals surface area contributed by atoms with Crippen LogP contribution in [0.3, 0.4) is 0 Å². The van der Waals surface area contributed by atoms with E-state index in [1.807, 2.05) is 24.3 Å². The van der Waals surface area contributed by atoms with Gasteiger partial charge in [0.05, 0.1) is 5.92 Å². The molecule has 1 aromatic rings. The number of halogens is 1. The van der Waals surface area contributed by atoms with Gasteiger partial charge in [0, 0.05) is 4.47 Å². The van der Waals surface area contributed by atoms with E-state index in [1.165, 1.54) is 19.3 Å². The lowest BCUT2D eigenvalue weighted by Gasteiger charge is -2.35. The summed E-state index contributed by atoms with van der Waals surface area (Å²) in [6, 6.07) is 7.78. The summed E-state index contributed by atoms with van der Waals surface area (Å²) in [5, 5.41) is 9.65. The van der Waals surface area contributed by atoms with Crippen molar-refractivity contribution in [1.82, 2.24) is 0 Å². The predicted octanol–water partition coefficient (Wildman–Crippen LogP) is 4.83. The Morgan fingerprint density at radius 2 is 1.95 bits per heavy atom. The minimum absolute atomic E-state index is 0.289. The fourth-order valence-electron chi connectivity index (χ4n) is 3.43. The van der Waals surface area contributed by atoms with Gasteiger partial charge in [-0.25, -0.2) is 0 Å². The highest BCUT2D eigenvalue weighted by atomic mass is 79.9. The van der Waals surface area contributed by atoms with Crippen molar-refractivity contribution in [3.8, 4) is 0 Å². The van der Waals surface area contributed by atoms with E-state index in [0.29, 0.717) is 5.92 Å². The standard InChI is InChI=1S/C16H21BrO2/c1-2-11-5-3-4-6-14(11)15(16(18)19)12-7-9-13(17)10-8-12/h7-11,14-15H,2-6H2,1H3,(H,18,19). The lowest BCUT2D eigenvalue weighted by molar-refractivity contribution is -0.141. The van der Waals surface area contributed by atoms with Crippen molar-refractivity contribution in [2.24, 2.45) is 11.8 Å². The van der Waals surface area contributed by atoms with Crippen molar-refractivity contribution in [3.05, 3.63) is 34.3 Å². The van der Waals surface area contributed by atoms with Crippen LogP contribution in [0.4, 0.5) is 0 Å². The van der Waals surface area contributed by atoms with Gasteiger partial charge >= 0.3 is 5.97 Å². The Bertz CT molecular complexity index is 427. The van der Waals surface area contributed by atoms with E-state index in [9.17, 15) is 9.90 Å². The molecule has 1 N–H and O–H groups in total. The fourth-order valence-corrected chi connectivity index (χ4v) is 3.69. The van der Waals surface area contributed by atoms with Crippen molar-refractivity contribution >= 4 is 21.9 Å². The lowest BCUT2D eigenvalue weighted by atomic mass is 9.69. The van der Waals surface area contributed by atoms with Gasteiger partial charge in [-0.05, 0) is 36.0 Å². The van der Waals surface area contributed by atoms with Crippen molar-refractivity contribution in [2.45, 2.75) is 44.9 Å². The van der Waals surface area contributed by atoms with Crippen LogP contribution in [0.1, 0.15) is 50.5 Å². The molecule has 0 bridgehead atoms. The summed E-state index contributed by atoms with van der Waals surface area (Å²) in [4.78, 5) is 11.7. The Kier molecular flexibility index (Phi) is 5.03. The zero-order valence-electron chi connectivity index (χ0n) is 11.3. The molecular formula is C16H21BrO2. The summed E-state index contributed by atoms with van der Waals surface area (Å²) in [6.07, 6.45) is 5.74. The molecule has 1 fully saturated rings. The quantitative estimate of drug-likeness (QED) is 0.860. The normalized spacial score (nSPS) is 24.9. The first-order chi connectivity index (χ1) is 9.13. The summed E-state index contributed by atoms with van der Waals surface area (Å²) >= 11 is 3.41. The largest absolute Gasteiger partial charge is 0.481 e. The second-order valence-electron chi connectivity index (χ2n) is 5.48. The van der Waals surface area contributed by atoms with Crippen molar-refractivity contribution in [2.75, 3.05) is 0 Å². The molecule has 3 heteroatoms. The van der Waals surface area contributed by atoms with E-state index in [4.69, 9.17) is 0 Å². The molecule has 0 heterocycles. The van der Waals surface area contributed by atoms with Gasteiger partial charge in [0.15, 0.2) is 0 Å². The lowest BCUT2D eigenvalue weighted by Crippen LogP contribution is -2.30. The smallest absolute Gasteiger partial charge is 0.311 e. The highest BCUT2D eigenvalue weighted by Crippen LogP contribution is 2.41. The molecule has 0 aliphatic heterocycles. The maximum Gasteiger partial charge on any atom is 0.311 e. The Morgan fingerprint density at radius 3 is 2.53 bits per heavy atom. The Morgan fingerprint density at radius 1 is 1.32 bits per heavy atom. The maximum absolute atomic E-state index is 11.7. The molecular weight excluding hydrogens is 304 g/mol. The van der Waals surface area contributed by atoms with E-state index in [2.05, 4.69) is 22.9 Å². The van der Waals surface area contributed by atoms with Crippen LogP contribution >= 0.6 is 15.9 Å². The van der Waals surface area contributed by atoms with Crippen LogP contribution in [0.5, 0.6) is 0 Å². The van der Waals surface area contributed by atoms with Crippen LogP contribution < -0.4 is 0 Å². The van der Waals surface area contributed by atoms with Crippen molar-refractivity contribution < 1.29 is 9.90 Å². The minimum atomic E-state index is -0.673. The van der Waals surface area contributed by atoms with Crippen LogP contribution in [-0.2, 0) is 4.79 Å². The molecule has 104 valence electrons. The highest BCUT2D eigenvalue weighted by Gasteiger charge is 2.35. The number of carboxylic acid groups (broad SMARTS) is 1. The molecule has 1 aliphatic rings. The first-order valence-electron chi connectivity index (χ1n) is 7.11. The van der Waals surface area contributed by atoms with E-state index in [1.54, 1.807) is 0 Å². The molecule has 0 radical (unpaired) electrons. The molecule has 19 heavy (non-hydrogen) atoms. The topological polar surface area (TPSA) is 37.3 Å². The zero-order valence-corrected chi connectivity index (χ0v) is 12.9. The summed E-state index contributed by atoms with van der Waals surface area (Å²) in [5.41, 5.74) is 0.945. The summed E-state index contributed by atoms with van der Waals surface area (Å²) in [5.74, 6) is -0.179. The molecule has 1 aromatic carbocycles. The summed E-state index contributed by atoms with van der Waals surface area (Å²) < 4.78 is 0.996. The molecule has 0 aromatic heterocycles. The highest BCUT2D eigenvalue weighted by molar-refractivity contribution is 9.10. The zero-order chi connectivity index (χ0) is 13.8. The molecule has 2 rings (SSSR count). The number of aliphatic carboxylic acids is 1. The molecule has 0 spiro atoms. The Balaban J connectivity index is 2.28. The number of hydrogen-bond acceptors (Lipinski definition) is 1. The SMILES string of the molecule is CCC1CCCCC1C(C(=O)O)c1ccc(Br)cc1. The third-order valence-electron chi connectivity index (χ3n) is 4.42. The fraction of sp³-hybridized carbons (Fsp3) is 0.562. The van der Waals surface area contributed by atoms with Gasteiger partial charge < -0.3 is 5.11 Å². The first-order valence-corrected chi connectivity index (χ1v) is 7.91. The van der Waals surface area contributed by atoms with Gasteiger partial charge in [-0.3, -0.25) is 4.79 Å². The first kappa shape index (κ1) is 14.6. The molecule has 3 atom stereocenters. The average Bonchev–Trinajstić information content (AvgIpc) is 2.41. The van der Waals surface area contributed by atoms with E-state index < -0.39 is 5.97 Å². The van der Waals surface area contributed by atoms with Gasteiger partial charge in [-0.2, -0.15) is 0 Å². The van der Waals surface area contributed by atoms with Crippen LogP contribution in [0.15, 0.2) is 28.7 Å². The molecule has 1 aliphatic carbocycles. The number of rotatable bonds is 4. The van der Waals surface area contributed by atoms with Gasteiger partial charge in [0.2, 0.25) is 0 Å². The van der Waals surface area contributed by atoms with Crippen LogP contribution in [0.25, 0.3) is 0 Å². The molecule has 2 nitrogen and oxygen atoms in total. The van der Waals surface area contributed by atoms with E-state index in [-0.39, 0.29) is 11.8 Å². The predicted molar refractivity (Wildman–Crippen MR) is 80.3 cm³/mol. The van der Waals surface area contributed by atoms with Gasteiger partial charge in [0.1, 0.15) is 0 Å². The number of carboxylic acids is 1. The van der Waals surface area contributed by atoms with E-state index >= 15 is 0 Å². The molecule has 0 saturated heterocycles. The second kappa shape index (κ2) is 6.56. The molecule has 1 saturated carbocycles. The average molecular weight is 325 g/mol. The number of hydrogen-bond donors (Lipinski definition) is 1. The number of benzene rings is 1.